The smallest absolute Gasteiger partial charge is 0.311 e. The molecule has 0 radical (unpaired) electrons. The molecule has 27 heavy (non-hydrogen) atoms. The highest BCUT2D eigenvalue weighted by Crippen LogP contribution is 2.30. The van der Waals surface area contributed by atoms with Crippen molar-refractivity contribution in [3.8, 4) is 11.5 Å². The van der Waals surface area contributed by atoms with Gasteiger partial charge in [0.15, 0.2) is 6.61 Å². The fourth-order valence-corrected chi connectivity index (χ4v) is 2.90. The number of nitrogens with zero attached hydrogens (tertiary/aromatic N) is 1. The second kappa shape index (κ2) is 9.72. The number of carboxylic acid groups (broad SMARTS) is 1. The van der Waals surface area contributed by atoms with Gasteiger partial charge < -0.3 is 24.6 Å². The Bertz CT molecular complexity index is 688. The van der Waals surface area contributed by atoms with Crippen molar-refractivity contribution in [1.82, 2.24) is 5.32 Å². The Labute approximate surface area is 155 Å². The van der Waals surface area contributed by atoms with E-state index in [-0.39, 0.29) is 36.3 Å². The van der Waals surface area contributed by atoms with Gasteiger partial charge in [-0.25, -0.2) is 0 Å². The fraction of sp³-hybridized carbons (Fsp3) is 0.529. The zero-order chi connectivity index (χ0) is 19.8. The van der Waals surface area contributed by atoms with Crippen LogP contribution in [0.1, 0.15) is 12.8 Å². The number of benzene rings is 1. The molecule has 0 aliphatic carbocycles. The highest BCUT2D eigenvalue weighted by molar-refractivity contribution is 5.78. The zero-order valence-corrected chi connectivity index (χ0v) is 14.9. The number of nitro benzene ring substituents is 1. The topological polar surface area (TPSA) is 137 Å². The van der Waals surface area contributed by atoms with Crippen molar-refractivity contribution in [2.24, 2.45) is 11.8 Å². The van der Waals surface area contributed by atoms with Gasteiger partial charge in [-0.3, -0.25) is 19.7 Å². The molecule has 1 unspecified atom stereocenters. The number of nitrogens with one attached hydrogen (secondary N) is 1. The second-order valence-corrected chi connectivity index (χ2v) is 6.08. The lowest BCUT2D eigenvalue weighted by Gasteiger charge is -2.27. The van der Waals surface area contributed by atoms with Gasteiger partial charge in [0.25, 0.3) is 5.91 Å². The van der Waals surface area contributed by atoms with Gasteiger partial charge in [0.05, 0.1) is 18.0 Å². The van der Waals surface area contributed by atoms with Gasteiger partial charge >= 0.3 is 11.7 Å². The summed E-state index contributed by atoms with van der Waals surface area (Å²) >= 11 is 0. The quantitative estimate of drug-likeness (QED) is 0.480. The number of nitro groups is 1. The summed E-state index contributed by atoms with van der Waals surface area (Å²) < 4.78 is 15.5. The zero-order valence-electron chi connectivity index (χ0n) is 14.9. The SMILES string of the molecule is COc1cc(OCC(=O)NCC(C(=O)O)C2CCOCC2)ccc1[N+](=O)[O-]. The monoisotopic (exact) mass is 382 g/mol. The van der Waals surface area contributed by atoms with Crippen LogP contribution in [0.15, 0.2) is 18.2 Å². The van der Waals surface area contributed by atoms with Crippen molar-refractivity contribution in [1.29, 1.82) is 0 Å². The van der Waals surface area contributed by atoms with Crippen LogP contribution < -0.4 is 14.8 Å². The predicted octanol–water partition coefficient (Wildman–Crippen LogP) is 1.23. The average Bonchev–Trinajstić information content (AvgIpc) is 2.66. The van der Waals surface area contributed by atoms with Crippen LogP contribution in [0.4, 0.5) is 5.69 Å². The summed E-state index contributed by atoms with van der Waals surface area (Å²) in [5.74, 6) is -1.92. The Hall–Kier alpha value is -2.88. The molecule has 1 saturated heterocycles. The Kier molecular flexibility index (Phi) is 7.35. The summed E-state index contributed by atoms with van der Waals surface area (Å²) in [6.07, 6.45) is 1.29. The van der Waals surface area contributed by atoms with Crippen LogP contribution in [0.2, 0.25) is 0 Å². The minimum absolute atomic E-state index is 0.00573. The minimum atomic E-state index is -0.955. The minimum Gasteiger partial charge on any atom is -0.490 e. The number of rotatable bonds is 9. The van der Waals surface area contributed by atoms with Crippen molar-refractivity contribution in [3.63, 3.8) is 0 Å². The van der Waals surface area contributed by atoms with Crippen LogP contribution in [0.25, 0.3) is 0 Å². The van der Waals surface area contributed by atoms with E-state index in [4.69, 9.17) is 14.2 Å². The van der Waals surface area contributed by atoms with E-state index in [0.717, 1.165) is 0 Å². The molecule has 2 rings (SSSR count). The first-order valence-electron chi connectivity index (χ1n) is 8.45. The molecule has 148 valence electrons. The summed E-state index contributed by atoms with van der Waals surface area (Å²) in [6.45, 7) is 0.702. The van der Waals surface area contributed by atoms with Crippen LogP contribution in [0, 0.1) is 22.0 Å². The van der Waals surface area contributed by atoms with Gasteiger partial charge in [0.1, 0.15) is 5.75 Å². The Balaban J connectivity index is 1.86. The largest absolute Gasteiger partial charge is 0.490 e. The first-order chi connectivity index (χ1) is 12.9. The molecule has 1 amide bonds. The molecule has 0 saturated carbocycles. The number of methoxy groups -OCH3 is 1. The predicted molar refractivity (Wildman–Crippen MR) is 92.8 cm³/mol. The second-order valence-electron chi connectivity index (χ2n) is 6.08. The van der Waals surface area contributed by atoms with Gasteiger partial charge in [0.2, 0.25) is 5.75 Å². The Morgan fingerprint density at radius 3 is 2.70 bits per heavy atom. The van der Waals surface area contributed by atoms with E-state index in [0.29, 0.717) is 26.1 Å². The van der Waals surface area contributed by atoms with E-state index in [1.54, 1.807) is 0 Å². The number of amides is 1. The molecule has 1 aliphatic heterocycles. The molecule has 1 atom stereocenters. The molecule has 10 heteroatoms. The molecule has 1 fully saturated rings. The first kappa shape index (κ1) is 20.4. The maximum absolute atomic E-state index is 12.0. The maximum Gasteiger partial charge on any atom is 0.311 e. The Morgan fingerprint density at radius 1 is 1.41 bits per heavy atom. The molecule has 0 aromatic heterocycles. The lowest BCUT2D eigenvalue weighted by molar-refractivity contribution is -0.385. The third-order valence-electron chi connectivity index (χ3n) is 4.39. The summed E-state index contributed by atoms with van der Waals surface area (Å²) in [6, 6.07) is 3.89. The highest BCUT2D eigenvalue weighted by Gasteiger charge is 2.30. The molecule has 10 nitrogen and oxygen atoms in total. The number of ether oxygens (including phenoxy) is 3. The number of hydrogen-bond donors (Lipinski definition) is 2. The van der Waals surface area contributed by atoms with Crippen LogP contribution >= 0.6 is 0 Å². The molecule has 1 aliphatic rings. The van der Waals surface area contributed by atoms with E-state index < -0.39 is 22.7 Å². The highest BCUT2D eigenvalue weighted by atomic mass is 16.6. The lowest BCUT2D eigenvalue weighted by Crippen LogP contribution is -2.40. The van der Waals surface area contributed by atoms with Crippen LogP contribution in [-0.4, -0.2) is 55.4 Å². The standard InChI is InChI=1S/C17H22N2O8/c1-25-15-8-12(2-3-14(15)19(23)24)27-10-16(20)18-9-13(17(21)22)11-4-6-26-7-5-11/h2-3,8,11,13H,4-7,9-10H2,1H3,(H,18,20)(H,21,22). The number of carbonyl (C=O) groups is 2. The van der Waals surface area contributed by atoms with Crippen LogP contribution in [0.5, 0.6) is 11.5 Å². The molecule has 0 bridgehead atoms. The van der Waals surface area contributed by atoms with Crippen molar-refractivity contribution in [2.75, 3.05) is 33.5 Å². The lowest BCUT2D eigenvalue weighted by atomic mass is 9.86. The van der Waals surface area contributed by atoms with E-state index in [2.05, 4.69) is 5.32 Å². The van der Waals surface area contributed by atoms with E-state index in [1.165, 1.54) is 25.3 Å². The first-order valence-corrected chi connectivity index (χ1v) is 8.45. The molecular formula is C17H22N2O8. The van der Waals surface area contributed by atoms with Crippen molar-refractivity contribution >= 4 is 17.6 Å². The van der Waals surface area contributed by atoms with E-state index in [9.17, 15) is 24.8 Å². The number of carbonyl (C=O) groups excluding carboxylic acids is 1. The average molecular weight is 382 g/mol. The summed E-state index contributed by atoms with van der Waals surface area (Å²) in [7, 11) is 1.29. The van der Waals surface area contributed by atoms with Gasteiger partial charge in [0, 0.05) is 31.9 Å². The number of aliphatic carboxylic acids is 1. The van der Waals surface area contributed by atoms with Gasteiger partial charge in [-0.1, -0.05) is 0 Å². The van der Waals surface area contributed by atoms with Crippen molar-refractivity contribution in [2.45, 2.75) is 12.8 Å². The van der Waals surface area contributed by atoms with Gasteiger partial charge in [-0.2, -0.15) is 0 Å². The number of hydrogen-bond acceptors (Lipinski definition) is 7. The molecule has 1 aromatic rings. The van der Waals surface area contributed by atoms with Gasteiger partial charge in [-0.15, -0.1) is 0 Å². The molecule has 1 aromatic carbocycles. The van der Waals surface area contributed by atoms with Crippen molar-refractivity contribution in [3.05, 3.63) is 28.3 Å². The van der Waals surface area contributed by atoms with Crippen molar-refractivity contribution < 1.29 is 33.8 Å². The fourth-order valence-electron chi connectivity index (χ4n) is 2.90. The third-order valence-corrected chi connectivity index (χ3v) is 4.39. The molecule has 1 heterocycles. The third kappa shape index (κ3) is 5.81. The van der Waals surface area contributed by atoms with Crippen LogP contribution in [-0.2, 0) is 14.3 Å². The maximum atomic E-state index is 12.0. The van der Waals surface area contributed by atoms with E-state index >= 15 is 0 Å². The van der Waals surface area contributed by atoms with E-state index in [1.807, 2.05) is 0 Å². The summed E-state index contributed by atoms with van der Waals surface area (Å²) in [4.78, 5) is 33.7. The molecule has 0 spiro atoms. The normalized spacial score (nSPS) is 15.6. The Morgan fingerprint density at radius 2 is 2.11 bits per heavy atom. The molecular weight excluding hydrogens is 360 g/mol. The molecule has 2 N–H and O–H groups in total. The van der Waals surface area contributed by atoms with Crippen LogP contribution in [0.3, 0.4) is 0 Å². The summed E-state index contributed by atoms with van der Waals surface area (Å²) in [5.41, 5.74) is -0.213. The van der Waals surface area contributed by atoms with Gasteiger partial charge in [-0.05, 0) is 24.8 Å². The number of carboxylic acids is 1. The summed E-state index contributed by atoms with van der Waals surface area (Å²) in [5, 5.41) is 22.8.